The molecule has 2 heterocycles. The van der Waals surface area contributed by atoms with Gasteiger partial charge in [-0.1, -0.05) is 42.0 Å². The first kappa shape index (κ1) is 17.9. The molecule has 0 saturated heterocycles. The highest BCUT2D eigenvalue weighted by molar-refractivity contribution is 5.96. The van der Waals surface area contributed by atoms with Crippen molar-refractivity contribution in [1.82, 2.24) is 14.8 Å². The third kappa shape index (κ3) is 3.18. The number of amides is 1. The van der Waals surface area contributed by atoms with Gasteiger partial charge in [-0.25, -0.2) is 4.68 Å². The first-order valence-electron chi connectivity index (χ1n) is 10.1. The van der Waals surface area contributed by atoms with E-state index in [1.165, 1.54) is 5.56 Å². The Bertz CT molecular complexity index is 1020. The van der Waals surface area contributed by atoms with Crippen LogP contribution >= 0.6 is 0 Å². The van der Waals surface area contributed by atoms with Crippen LogP contribution < -0.4 is 9.64 Å². The molecule has 2 aromatic carbocycles. The minimum atomic E-state index is -0.0625. The zero-order valence-electron chi connectivity index (χ0n) is 16.7. The summed E-state index contributed by atoms with van der Waals surface area (Å²) in [5, 5.41) is 4.49. The molecule has 6 nitrogen and oxygen atoms in total. The van der Waals surface area contributed by atoms with Crippen molar-refractivity contribution in [2.45, 2.75) is 38.3 Å². The fourth-order valence-electron chi connectivity index (χ4n) is 4.15. The number of aryl methyl sites for hydroxylation is 1. The van der Waals surface area contributed by atoms with E-state index >= 15 is 0 Å². The molecule has 148 valence electrons. The van der Waals surface area contributed by atoms with E-state index in [1.54, 1.807) is 13.4 Å². The maximum absolute atomic E-state index is 13.2. The smallest absolute Gasteiger partial charge is 0.233 e. The lowest BCUT2D eigenvalue weighted by Gasteiger charge is -2.39. The first-order chi connectivity index (χ1) is 14.2. The van der Waals surface area contributed by atoms with Crippen LogP contribution in [0.15, 0.2) is 54.9 Å². The second-order valence-corrected chi connectivity index (χ2v) is 7.94. The number of aromatic nitrogens is 3. The van der Waals surface area contributed by atoms with Crippen LogP contribution in [0.25, 0.3) is 0 Å². The topological polar surface area (TPSA) is 60.2 Å². The normalized spacial score (nSPS) is 21.0. The van der Waals surface area contributed by atoms with Gasteiger partial charge in [-0.05, 0) is 49.4 Å². The van der Waals surface area contributed by atoms with Gasteiger partial charge in [0.1, 0.15) is 12.1 Å². The van der Waals surface area contributed by atoms with Crippen LogP contribution in [0.3, 0.4) is 0 Å². The standard InChI is InChI=1S/C23H24N4O2/c1-15-3-5-16(6-4-15)20-13-21(17-9-11-19(29-2)12-10-17)27-23(24-14-25-27)26(20)22(28)18-7-8-18/h3-6,9-12,14,18,20-21H,7-8,13H2,1-2H3/t20-,21+/m0/s1. The number of ether oxygens (including phenoxy) is 1. The minimum absolute atomic E-state index is 0.00737. The van der Waals surface area contributed by atoms with Crippen LogP contribution in [-0.2, 0) is 4.79 Å². The number of carbonyl (C=O) groups is 1. The van der Waals surface area contributed by atoms with Crippen molar-refractivity contribution >= 4 is 11.9 Å². The summed E-state index contributed by atoms with van der Waals surface area (Å²) in [6.45, 7) is 2.08. The summed E-state index contributed by atoms with van der Waals surface area (Å²) < 4.78 is 7.20. The van der Waals surface area contributed by atoms with Gasteiger partial charge in [-0.2, -0.15) is 10.1 Å². The fraction of sp³-hybridized carbons (Fsp3) is 0.348. The van der Waals surface area contributed by atoms with Gasteiger partial charge in [0.15, 0.2) is 0 Å². The second-order valence-electron chi connectivity index (χ2n) is 7.94. The van der Waals surface area contributed by atoms with Gasteiger partial charge in [-0.15, -0.1) is 0 Å². The Kier molecular flexibility index (Phi) is 4.34. The van der Waals surface area contributed by atoms with Gasteiger partial charge in [-0.3, -0.25) is 9.69 Å². The molecule has 3 aromatic rings. The van der Waals surface area contributed by atoms with E-state index < -0.39 is 0 Å². The van der Waals surface area contributed by atoms with E-state index in [2.05, 4.69) is 53.4 Å². The zero-order chi connectivity index (χ0) is 20.0. The Labute approximate surface area is 170 Å². The van der Waals surface area contributed by atoms with Crippen molar-refractivity contribution in [3.63, 3.8) is 0 Å². The van der Waals surface area contributed by atoms with Crippen LogP contribution in [0.4, 0.5) is 5.95 Å². The number of carbonyl (C=O) groups excluding carboxylic acids is 1. The molecule has 1 fully saturated rings. The van der Waals surface area contributed by atoms with Crippen molar-refractivity contribution in [2.24, 2.45) is 5.92 Å². The summed E-state index contributed by atoms with van der Waals surface area (Å²) in [7, 11) is 1.67. The summed E-state index contributed by atoms with van der Waals surface area (Å²) in [6, 6.07) is 16.5. The highest BCUT2D eigenvalue weighted by Gasteiger charge is 2.44. The van der Waals surface area contributed by atoms with E-state index in [4.69, 9.17) is 4.74 Å². The fourth-order valence-corrected chi connectivity index (χ4v) is 4.15. The van der Waals surface area contributed by atoms with Crippen LogP contribution in [-0.4, -0.2) is 27.8 Å². The quantitative estimate of drug-likeness (QED) is 0.676. The molecular weight excluding hydrogens is 364 g/mol. The van der Waals surface area contributed by atoms with Crippen molar-refractivity contribution in [1.29, 1.82) is 0 Å². The molecule has 2 aliphatic rings. The van der Waals surface area contributed by atoms with Gasteiger partial charge in [0.2, 0.25) is 11.9 Å². The van der Waals surface area contributed by atoms with Gasteiger partial charge >= 0.3 is 0 Å². The molecule has 29 heavy (non-hydrogen) atoms. The molecule has 1 saturated carbocycles. The van der Waals surface area contributed by atoms with Crippen molar-refractivity contribution in [3.8, 4) is 5.75 Å². The number of benzene rings is 2. The predicted molar refractivity (Wildman–Crippen MR) is 110 cm³/mol. The largest absolute Gasteiger partial charge is 0.497 e. The molecule has 0 unspecified atom stereocenters. The predicted octanol–water partition coefficient (Wildman–Crippen LogP) is 4.07. The van der Waals surface area contributed by atoms with Gasteiger partial charge in [0, 0.05) is 5.92 Å². The number of nitrogens with zero attached hydrogens (tertiary/aromatic N) is 4. The Morgan fingerprint density at radius 2 is 1.66 bits per heavy atom. The Balaban J connectivity index is 1.60. The third-order valence-corrected chi connectivity index (χ3v) is 5.95. The lowest BCUT2D eigenvalue weighted by atomic mass is 9.91. The third-order valence-electron chi connectivity index (χ3n) is 5.95. The number of hydrogen-bond donors (Lipinski definition) is 0. The molecule has 0 spiro atoms. The van der Waals surface area contributed by atoms with Crippen LogP contribution in [0.5, 0.6) is 5.75 Å². The molecule has 0 bridgehead atoms. The molecule has 0 N–H and O–H groups in total. The van der Waals surface area contributed by atoms with Crippen molar-refractivity contribution < 1.29 is 9.53 Å². The highest BCUT2D eigenvalue weighted by atomic mass is 16.5. The van der Waals surface area contributed by atoms with Gasteiger partial charge in [0.05, 0.1) is 19.2 Å². The summed E-state index contributed by atoms with van der Waals surface area (Å²) in [6.07, 6.45) is 4.23. The molecule has 1 aromatic heterocycles. The molecule has 6 heteroatoms. The molecule has 0 radical (unpaired) electrons. The summed E-state index contributed by atoms with van der Waals surface area (Å²) in [4.78, 5) is 19.6. The summed E-state index contributed by atoms with van der Waals surface area (Å²) in [5.41, 5.74) is 3.48. The number of fused-ring (bicyclic) bond motifs is 1. The lowest BCUT2D eigenvalue weighted by molar-refractivity contribution is -0.120. The van der Waals surface area contributed by atoms with Gasteiger partial charge < -0.3 is 4.74 Å². The minimum Gasteiger partial charge on any atom is -0.497 e. The molecule has 1 aliphatic heterocycles. The van der Waals surface area contributed by atoms with Crippen LogP contribution in [0.1, 0.15) is 48.0 Å². The average Bonchev–Trinajstić information content (AvgIpc) is 3.50. The maximum atomic E-state index is 13.2. The maximum Gasteiger partial charge on any atom is 0.233 e. The summed E-state index contributed by atoms with van der Waals surface area (Å²) in [5.74, 6) is 1.74. The second kappa shape index (κ2) is 7.03. The van der Waals surface area contributed by atoms with Crippen LogP contribution in [0.2, 0.25) is 0 Å². The van der Waals surface area contributed by atoms with Crippen molar-refractivity contribution in [3.05, 3.63) is 71.5 Å². The number of anilines is 1. The lowest BCUT2D eigenvalue weighted by Crippen LogP contribution is -2.43. The first-order valence-corrected chi connectivity index (χ1v) is 10.1. The molecule has 5 rings (SSSR count). The molecular formula is C23H24N4O2. The number of methoxy groups -OCH3 is 1. The monoisotopic (exact) mass is 388 g/mol. The molecule has 2 atom stereocenters. The summed E-state index contributed by atoms with van der Waals surface area (Å²) >= 11 is 0. The molecule has 1 amide bonds. The van der Waals surface area contributed by atoms with E-state index in [9.17, 15) is 4.79 Å². The molecule has 1 aliphatic carbocycles. The Hall–Kier alpha value is -3.15. The van der Waals surface area contributed by atoms with Crippen molar-refractivity contribution in [2.75, 3.05) is 12.0 Å². The van der Waals surface area contributed by atoms with E-state index in [1.807, 2.05) is 21.7 Å². The zero-order valence-corrected chi connectivity index (χ0v) is 16.7. The Morgan fingerprint density at radius 1 is 1.00 bits per heavy atom. The van der Waals surface area contributed by atoms with Crippen LogP contribution in [0, 0.1) is 12.8 Å². The SMILES string of the molecule is COc1ccc([C@H]2C[C@@H](c3ccc(C)cc3)N(C(=O)C3CC3)c3ncnn32)cc1. The number of hydrogen-bond acceptors (Lipinski definition) is 4. The number of rotatable bonds is 4. The van der Waals surface area contributed by atoms with Gasteiger partial charge in [0.25, 0.3) is 0 Å². The van der Waals surface area contributed by atoms with E-state index in [0.717, 1.165) is 36.1 Å². The van der Waals surface area contributed by atoms with E-state index in [0.29, 0.717) is 5.95 Å². The Morgan fingerprint density at radius 3 is 2.31 bits per heavy atom. The van der Waals surface area contributed by atoms with E-state index in [-0.39, 0.29) is 23.9 Å². The average molecular weight is 388 g/mol. The highest BCUT2D eigenvalue weighted by Crippen LogP contribution is 2.44.